The molecular formula is C28H24N10O2. The van der Waals surface area contributed by atoms with Gasteiger partial charge in [-0.15, -0.1) is 5.10 Å². The van der Waals surface area contributed by atoms with Gasteiger partial charge in [0.2, 0.25) is 0 Å². The Morgan fingerprint density at radius 3 is 2.65 bits per heavy atom. The van der Waals surface area contributed by atoms with Gasteiger partial charge >= 0.3 is 5.69 Å². The molecule has 12 nitrogen and oxygen atoms in total. The van der Waals surface area contributed by atoms with Crippen molar-refractivity contribution in [1.29, 1.82) is 0 Å². The van der Waals surface area contributed by atoms with Crippen molar-refractivity contribution in [1.82, 2.24) is 43.6 Å². The molecule has 0 bridgehead atoms. The highest BCUT2D eigenvalue weighted by Crippen LogP contribution is 2.21. The van der Waals surface area contributed by atoms with Crippen molar-refractivity contribution >= 4 is 23.0 Å². The van der Waals surface area contributed by atoms with Crippen molar-refractivity contribution in [3.05, 3.63) is 106 Å². The second-order valence-corrected chi connectivity index (χ2v) is 9.22. The Kier molecular flexibility index (Phi) is 5.88. The second kappa shape index (κ2) is 9.55. The third-order valence-corrected chi connectivity index (χ3v) is 6.72. The van der Waals surface area contributed by atoms with Crippen molar-refractivity contribution in [2.45, 2.75) is 19.9 Å². The molecular weight excluding hydrogens is 508 g/mol. The van der Waals surface area contributed by atoms with E-state index >= 15 is 0 Å². The van der Waals surface area contributed by atoms with Gasteiger partial charge in [0.15, 0.2) is 11.5 Å². The van der Waals surface area contributed by atoms with Crippen molar-refractivity contribution < 1.29 is 4.79 Å². The van der Waals surface area contributed by atoms with E-state index < -0.39 is 11.9 Å². The van der Waals surface area contributed by atoms with Crippen molar-refractivity contribution in [3.8, 4) is 17.5 Å². The average molecular weight is 533 g/mol. The van der Waals surface area contributed by atoms with Gasteiger partial charge in [0, 0.05) is 25.5 Å². The number of aromatic nitrogens is 8. The highest BCUT2D eigenvalue weighted by molar-refractivity contribution is 6.04. The molecule has 6 aromatic rings. The van der Waals surface area contributed by atoms with Crippen molar-refractivity contribution in [2.24, 2.45) is 7.05 Å². The van der Waals surface area contributed by atoms with E-state index in [2.05, 4.69) is 37.3 Å². The van der Waals surface area contributed by atoms with Gasteiger partial charge in [0.1, 0.15) is 16.9 Å². The van der Waals surface area contributed by atoms with E-state index in [-0.39, 0.29) is 17.1 Å². The summed E-state index contributed by atoms with van der Waals surface area (Å²) in [7, 11) is 1.84. The molecule has 5 heterocycles. The van der Waals surface area contributed by atoms with Crippen molar-refractivity contribution in [3.63, 3.8) is 0 Å². The minimum atomic E-state index is -0.618. The minimum Gasteiger partial charge on any atom is -0.381 e. The van der Waals surface area contributed by atoms with Crippen LogP contribution in [-0.2, 0) is 7.05 Å². The number of anilines is 1. The van der Waals surface area contributed by atoms with E-state index in [1.807, 2.05) is 44.3 Å². The number of nitrogens with two attached hydrogens (primary N) is 1. The molecule has 0 fully saturated rings. The van der Waals surface area contributed by atoms with E-state index in [9.17, 15) is 9.59 Å². The quantitative estimate of drug-likeness (QED) is 0.331. The largest absolute Gasteiger partial charge is 0.381 e. The van der Waals surface area contributed by atoms with Gasteiger partial charge in [-0.05, 0) is 38.0 Å². The molecule has 6 rings (SSSR count). The molecule has 40 heavy (non-hydrogen) atoms. The molecule has 0 aliphatic heterocycles. The molecule has 12 heteroatoms. The lowest BCUT2D eigenvalue weighted by atomic mass is 10.1. The standard InChI is InChI=1S/C28H24N10O2/c1-17(33-27(39)24-25(29)34-36-13-7-12-30-26(24)36)22-14-23-31-16-21(11-10-19-15-32-35(3)18(19)2)38(23)28(40)37(22)20-8-5-4-6-9-20/h4-9,12-17H,1-3H3,(H2,29,34)(H,33,39)/t17-/m0/s1. The molecule has 1 atom stereocenters. The topological polar surface area (TPSA) is 142 Å². The van der Waals surface area contributed by atoms with Gasteiger partial charge in [-0.25, -0.2) is 23.7 Å². The normalized spacial score (nSPS) is 11.9. The predicted molar refractivity (Wildman–Crippen MR) is 148 cm³/mol. The fourth-order valence-corrected chi connectivity index (χ4v) is 4.54. The maximum atomic E-state index is 14.0. The van der Waals surface area contributed by atoms with Crippen LogP contribution in [0.4, 0.5) is 5.82 Å². The number of carbonyl (C=O) groups is 1. The number of benzene rings is 1. The first-order valence-corrected chi connectivity index (χ1v) is 12.4. The zero-order valence-electron chi connectivity index (χ0n) is 21.9. The summed E-state index contributed by atoms with van der Waals surface area (Å²) in [5.74, 6) is 5.74. The van der Waals surface area contributed by atoms with Crippen LogP contribution in [0.5, 0.6) is 0 Å². The highest BCUT2D eigenvalue weighted by atomic mass is 16.2. The molecule has 3 N–H and O–H groups in total. The molecule has 1 amide bonds. The maximum Gasteiger partial charge on any atom is 0.339 e. The number of hydrogen-bond acceptors (Lipinski definition) is 7. The van der Waals surface area contributed by atoms with Crippen LogP contribution in [0.2, 0.25) is 0 Å². The average Bonchev–Trinajstić information content (AvgIpc) is 3.62. The smallest absolute Gasteiger partial charge is 0.339 e. The van der Waals surface area contributed by atoms with Gasteiger partial charge in [0.25, 0.3) is 5.91 Å². The van der Waals surface area contributed by atoms with E-state index in [1.54, 1.807) is 48.5 Å². The molecule has 0 radical (unpaired) electrons. The lowest BCUT2D eigenvalue weighted by Gasteiger charge is -2.20. The van der Waals surface area contributed by atoms with Crippen LogP contribution in [0.3, 0.4) is 0 Å². The molecule has 0 unspecified atom stereocenters. The van der Waals surface area contributed by atoms with Crippen LogP contribution in [0.25, 0.3) is 17.0 Å². The van der Waals surface area contributed by atoms with Crippen LogP contribution in [0, 0.1) is 18.8 Å². The summed E-state index contributed by atoms with van der Waals surface area (Å²) in [5, 5.41) is 11.3. The number of nitrogens with one attached hydrogen (secondary N) is 1. The molecule has 1 aromatic carbocycles. The van der Waals surface area contributed by atoms with Gasteiger partial charge in [-0.2, -0.15) is 5.10 Å². The first kappa shape index (κ1) is 24.6. The van der Waals surface area contributed by atoms with Crippen LogP contribution in [0.1, 0.15) is 46.0 Å². The monoisotopic (exact) mass is 532 g/mol. The Hall–Kier alpha value is -5.70. The lowest BCUT2D eigenvalue weighted by Crippen LogP contribution is -2.34. The lowest BCUT2D eigenvalue weighted by molar-refractivity contribution is 0.0941. The molecule has 0 saturated heterocycles. The van der Waals surface area contributed by atoms with Crippen molar-refractivity contribution in [2.75, 3.05) is 5.73 Å². The van der Waals surface area contributed by atoms with Crippen LogP contribution in [-0.4, -0.2) is 44.2 Å². The number of para-hydroxylation sites is 1. The van der Waals surface area contributed by atoms with E-state index in [0.717, 1.165) is 11.3 Å². The minimum absolute atomic E-state index is 0.0552. The second-order valence-electron chi connectivity index (χ2n) is 9.22. The van der Waals surface area contributed by atoms with E-state index in [0.29, 0.717) is 28.4 Å². The van der Waals surface area contributed by atoms with Gasteiger partial charge in [-0.1, -0.05) is 24.1 Å². The predicted octanol–water partition coefficient (Wildman–Crippen LogP) is 2.04. The van der Waals surface area contributed by atoms with Gasteiger partial charge in [0.05, 0.1) is 41.1 Å². The number of carbonyl (C=O) groups excluding carboxylic acids is 1. The first-order valence-electron chi connectivity index (χ1n) is 12.4. The zero-order chi connectivity index (χ0) is 28.0. The molecule has 5 aromatic heterocycles. The number of nitrogen functional groups attached to an aromatic ring is 1. The SMILES string of the molecule is Cc1c(C#Cc2cnc3cc([C@H](C)NC(=O)c4c(N)nn5cccnc45)n(-c4ccccc4)c(=O)n23)cnn1C. The van der Waals surface area contributed by atoms with E-state index in [4.69, 9.17) is 5.73 Å². The number of amides is 1. The number of fused-ring (bicyclic) bond motifs is 2. The fraction of sp³-hybridized carbons (Fsp3) is 0.143. The summed E-state index contributed by atoms with van der Waals surface area (Å²) in [6, 6.07) is 12.0. The Labute approximate surface area is 227 Å². The third kappa shape index (κ3) is 4.06. The molecule has 0 saturated carbocycles. The highest BCUT2D eigenvalue weighted by Gasteiger charge is 2.24. The summed E-state index contributed by atoms with van der Waals surface area (Å²) in [4.78, 5) is 36.1. The number of nitrogens with zero attached hydrogens (tertiary/aromatic N) is 8. The number of rotatable bonds is 4. The fourth-order valence-electron chi connectivity index (χ4n) is 4.54. The summed E-state index contributed by atoms with van der Waals surface area (Å²) in [6.07, 6.45) is 6.46. The third-order valence-electron chi connectivity index (χ3n) is 6.72. The summed E-state index contributed by atoms with van der Waals surface area (Å²) >= 11 is 0. The zero-order valence-corrected chi connectivity index (χ0v) is 21.9. The summed E-state index contributed by atoms with van der Waals surface area (Å²) in [5.41, 5.74) is 9.82. The molecule has 0 aliphatic rings. The van der Waals surface area contributed by atoms with E-state index in [1.165, 1.54) is 13.5 Å². The molecule has 0 spiro atoms. The Morgan fingerprint density at radius 2 is 1.90 bits per heavy atom. The molecule has 198 valence electrons. The van der Waals surface area contributed by atoms with Crippen LogP contribution in [0.15, 0.2) is 72.0 Å². The van der Waals surface area contributed by atoms with Crippen LogP contribution >= 0.6 is 0 Å². The summed E-state index contributed by atoms with van der Waals surface area (Å²) in [6.45, 7) is 3.71. The number of aryl methyl sites for hydroxylation is 1. The Bertz CT molecular complexity index is 2040. The van der Waals surface area contributed by atoms with Crippen LogP contribution < -0.4 is 16.7 Å². The van der Waals surface area contributed by atoms with Gasteiger partial charge < -0.3 is 11.1 Å². The Balaban J connectivity index is 1.45. The first-order chi connectivity index (χ1) is 19.3. The Morgan fingerprint density at radius 1 is 1.10 bits per heavy atom. The number of imidazole rings is 1. The number of hydrogen-bond donors (Lipinski definition) is 2. The molecule has 0 aliphatic carbocycles. The van der Waals surface area contributed by atoms with Gasteiger partial charge in [-0.3, -0.25) is 14.0 Å². The maximum absolute atomic E-state index is 14.0. The summed E-state index contributed by atoms with van der Waals surface area (Å²) < 4.78 is 6.18.